The zero-order valence-corrected chi connectivity index (χ0v) is 24.1. The van der Waals surface area contributed by atoms with Gasteiger partial charge in [0.15, 0.2) is 5.76 Å². The second-order valence-electron chi connectivity index (χ2n) is 8.68. The Kier molecular flexibility index (Phi) is 7.08. The van der Waals surface area contributed by atoms with Gasteiger partial charge in [0.1, 0.15) is 17.9 Å². The third-order valence-electron chi connectivity index (χ3n) is 6.05. The molecule has 0 aliphatic heterocycles. The molecule has 0 aliphatic rings. The van der Waals surface area contributed by atoms with Crippen molar-refractivity contribution < 1.29 is 9.15 Å². The van der Waals surface area contributed by atoms with E-state index >= 15 is 0 Å². The summed E-state index contributed by atoms with van der Waals surface area (Å²) < 4.78 is 15.1. The van der Waals surface area contributed by atoms with Crippen LogP contribution in [-0.4, -0.2) is 15.9 Å². The number of hydrogen-bond acceptors (Lipinski definition) is 5. The predicted molar refractivity (Wildman–Crippen MR) is 162 cm³/mol. The predicted octanol–water partition coefficient (Wildman–Crippen LogP) is 8.45. The molecule has 0 unspecified atom stereocenters. The van der Waals surface area contributed by atoms with E-state index in [0.29, 0.717) is 49.7 Å². The number of hydrogen-bond donors (Lipinski definition) is 0. The van der Waals surface area contributed by atoms with E-state index in [4.69, 9.17) is 25.7 Å². The van der Waals surface area contributed by atoms with E-state index in [0.717, 1.165) is 15.4 Å². The Bertz CT molecular complexity index is 1900. The lowest BCUT2D eigenvalue weighted by Crippen LogP contribution is -2.20. The van der Waals surface area contributed by atoms with Crippen LogP contribution >= 0.6 is 43.5 Å². The largest absolute Gasteiger partial charge is 0.487 e. The molecule has 0 bridgehead atoms. The summed E-state index contributed by atoms with van der Waals surface area (Å²) >= 11 is 13.4. The molecule has 9 heteroatoms. The van der Waals surface area contributed by atoms with Crippen LogP contribution in [-0.2, 0) is 6.61 Å². The van der Waals surface area contributed by atoms with Crippen LogP contribution in [0.3, 0.4) is 0 Å². The summed E-state index contributed by atoms with van der Waals surface area (Å²) in [6.07, 6.45) is 1.54. The van der Waals surface area contributed by atoms with E-state index in [9.17, 15) is 4.79 Å². The third-order valence-corrected chi connectivity index (χ3v) is 7.38. The topological polar surface area (TPSA) is 69.6 Å². The minimum Gasteiger partial charge on any atom is -0.487 e. The summed E-state index contributed by atoms with van der Waals surface area (Å²) in [5.74, 6) is 1.25. The molecule has 0 fully saturated rings. The summed E-state index contributed by atoms with van der Waals surface area (Å²) in [7, 11) is 0. The Morgan fingerprint density at radius 1 is 0.974 bits per heavy atom. The average Bonchev–Trinajstić information content (AvgIpc) is 3.37. The van der Waals surface area contributed by atoms with Gasteiger partial charge in [-0.3, -0.25) is 4.79 Å². The molecule has 192 valence electrons. The number of aromatic nitrogens is 2. The van der Waals surface area contributed by atoms with Gasteiger partial charge in [-0.1, -0.05) is 70.0 Å². The van der Waals surface area contributed by atoms with Gasteiger partial charge >= 0.3 is 0 Å². The van der Waals surface area contributed by atoms with Crippen molar-refractivity contribution in [2.24, 2.45) is 5.10 Å². The molecule has 0 saturated heterocycles. The second-order valence-corrected chi connectivity index (χ2v) is 10.9. The lowest BCUT2D eigenvalue weighted by Gasteiger charge is -2.12. The van der Waals surface area contributed by atoms with Crippen molar-refractivity contribution in [1.82, 2.24) is 9.66 Å². The number of nitrogens with zero attached hydrogens (tertiary/aromatic N) is 3. The van der Waals surface area contributed by atoms with E-state index in [2.05, 4.69) is 37.0 Å². The molecule has 6 nitrogen and oxygen atoms in total. The van der Waals surface area contributed by atoms with Crippen LogP contribution in [0.5, 0.6) is 5.75 Å². The Balaban J connectivity index is 1.45. The Hall–Kier alpha value is -3.72. The maximum Gasteiger partial charge on any atom is 0.282 e. The number of fused-ring (bicyclic) bond motifs is 2. The van der Waals surface area contributed by atoms with Crippen LogP contribution in [0.4, 0.5) is 0 Å². The average molecular weight is 664 g/mol. The number of para-hydroxylation sites is 2. The van der Waals surface area contributed by atoms with Crippen molar-refractivity contribution in [3.8, 4) is 17.3 Å². The van der Waals surface area contributed by atoms with Crippen LogP contribution in [0.15, 0.2) is 114 Å². The van der Waals surface area contributed by atoms with E-state index in [1.807, 2.05) is 60.7 Å². The standard InChI is InChI=1S/C30H18Br2ClN3O3/c31-21-11-9-18(10-12-21)17-38-28-20(13-22(33)15-24(28)32)16-34-36-29(27-14-19-5-1-4-8-26(19)39-27)35-25-7-3-2-6-23(25)30(36)37/h1-16H,17H2. The third kappa shape index (κ3) is 5.28. The van der Waals surface area contributed by atoms with E-state index in [1.54, 1.807) is 30.3 Å². The second kappa shape index (κ2) is 10.8. The first kappa shape index (κ1) is 25.6. The maximum absolute atomic E-state index is 13.6. The number of halogens is 3. The first-order chi connectivity index (χ1) is 19.0. The highest BCUT2D eigenvalue weighted by molar-refractivity contribution is 9.10. The van der Waals surface area contributed by atoms with Crippen molar-refractivity contribution in [1.29, 1.82) is 0 Å². The molecular formula is C30H18Br2ClN3O3. The van der Waals surface area contributed by atoms with Crippen molar-refractivity contribution in [2.45, 2.75) is 6.61 Å². The lowest BCUT2D eigenvalue weighted by molar-refractivity contribution is 0.304. The van der Waals surface area contributed by atoms with Crippen molar-refractivity contribution in [3.05, 3.63) is 126 Å². The first-order valence-electron chi connectivity index (χ1n) is 11.9. The highest BCUT2D eigenvalue weighted by Crippen LogP contribution is 2.33. The zero-order chi connectivity index (χ0) is 26.9. The van der Waals surface area contributed by atoms with Gasteiger partial charge in [-0.15, -0.1) is 0 Å². The smallest absolute Gasteiger partial charge is 0.282 e. The molecule has 4 aromatic carbocycles. The number of furan rings is 1. The summed E-state index contributed by atoms with van der Waals surface area (Å²) in [5.41, 5.74) is 2.49. The molecule has 0 atom stereocenters. The van der Waals surface area contributed by atoms with Gasteiger partial charge in [-0.25, -0.2) is 4.98 Å². The molecule has 0 amide bonds. The molecule has 39 heavy (non-hydrogen) atoms. The molecular weight excluding hydrogens is 646 g/mol. The molecule has 0 radical (unpaired) electrons. The lowest BCUT2D eigenvalue weighted by atomic mass is 10.2. The van der Waals surface area contributed by atoms with E-state index in [-0.39, 0.29) is 11.4 Å². The quantitative estimate of drug-likeness (QED) is 0.168. The summed E-state index contributed by atoms with van der Waals surface area (Å²) in [5, 5.41) is 6.39. The van der Waals surface area contributed by atoms with E-state index < -0.39 is 0 Å². The zero-order valence-electron chi connectivity index (χ0n) is 20.1. The van der Waals surface area contributed by atoms with Crippen molar-refractivity contribution in [3.63, 3.8) is 0 Å². The van der Waals surface area contributed by atoms with Crippen LogP contribution in [0.25, 0.3) is 33.5 Å². The van der Waals surface area contributed by atoms with Crippen LogP contribution in [0, 0.1) is 0 Å². The van der Waals surface area contributed by atoms with Crippen LogP contribution < -0.4 is 10.3 Å². The molecule has 0 saturated carbocycles. The highest BCUT2D eigenvalue weighted by Gasteiger charge is 2.17. The summed E-state index contributed by atoms with van der Waals surface area (Å²) in [6, 6.07) is 27.9. The highest BCUT2D eigenvalue weighted by atomic mass is 79.9. The van der Waals surface area contributed by atoms with Gasteiger partial charge in [0.25, 0.3) is 5.56 Å². The van der Waals surface area contributed by atoms with E-state index in [1.165, 1.54) is 10.9 Å². The minimum atomic E-state index is -0.328. The monoisotopic (exact) mass is 661 g/mol. The van der Waals surface area contributed by atoms with Crippen molar-refractivity contribution in [2.75, 3.05) is 0 Å². The fourth-order valence-corrected chi connectivity index (χ4v) is 5.38. The summed E-state index contributed by atoms with van der Waals surface area (Å²) in [6.45, 7) is 0.329. The van der Waals surface area contributed by atoms with Crippen molar-refractivity contribution >= 4 is 71.5 Å². The normalized spacial score (nSPS) is 11.6. The minimum absolute atomic E-state index is 0.282. The fourth-order valence-electron chi connectivity index (χ4n) is 4.17. The van der Waals surface area contributed by atoms with Crippen LogP contribution in [0.2, 0.25) is 5.02 Å². The Labute approximate surface area is 244 Å². The molecule has 2 aromatic heterocycles. The van der Waals surface area contributed by atoms with Gasteiger partial charge in [0.05, 0.1) is 21.6 Å². The van der Waals surface area contributed by atoms with Gasteiger partial charge in [-0.2, -0.15) is 9.78 Å². The van der Waals surface area contributed by atoms with Gasteiger partial charge in [0, 0.05) is 20.4 Å². The van der Waals surface area contributed by atoms with Gasteiger partial charge < -0.3 is 9.15 Å². The molecule has 2 heterocycles. The summed E-state index contributed by atoms with van der Waals surface area (Å²) in [4.78, 5) is 18.4. The van der Waals surface area contributed by atoms with Gasteiger partial charge in [0.2, 0.25) is 5.82 Å². The molecule has 0 N–H and O–H groups in total. The van der Waals surface area contributed by atoms with Crippen LogP contribution in [0.1, 0.15) is 11.1 Å². The molecule has 0 spiro atoms. The Morgan fingerprint density at radius 3 is 2.56 bits per heavy atom. The SMILES string of the molecule is O=c1c2ccccc2nc(-c2cc3ccccc3o2)n1N=Cc1cc(Cl)cc(Br)c1OCc1ccc(Br)cc1. The molecule has 6 rings (SSSR count). The number of rotatable bonds is 6. The molecule has 6 aromatic rings. The molecule has 0 aliphatic carbocycles. The fraction of sp³-hybridized carbons (Fsp3) is 0.0333. The maximum atomic E-state index is 13.6. The Morgan fingerprint density at radius 2 is 1.74 bits per heavy atom. The first-order valence-corrected chi connectivity index (χ1v) is 13.8. The van der Waals surface area contributed by atoms with Gasteiger partial charge in [-0.05, 0) is 70.0 Å². The number of benzene rings is 4. The number of ether oxygens (including phenoxy) is 1.